The van der Waals surface area contributed by atoms with Crippen molar-refractivity contribution in [2.24, 2.45) is 5.41 Å². The van der Waals surface area contributed by atoms with Crippen LogP contribution < -0.4 is 15.4 Å². The van der Waals surface area contributed by atoms with Crippen molar-refractivity contribution in [1.29, 1.82) is 0 Å². The molecule has 0 spiro atoms. The van der Waals surface area contributed by atoms with Crippen LogP contribution in [0.15, 0.2) is 18.3 Å². The van der Waals surface area contributed by atoms with Gasteiger partial charge in [0.2, 0.25) is 11.8 Å². The van der Waals surface area contributed by atoms with Crippen LogP contribution in [0.2, 0.25) is 0 Å². The van der Waals surface area contributed by atoms with Gasteiger partial charge in [0.15, 0.2) is 0 Å². The van der Waals surface area contributed by atoms with E-state index in [0.717, 1.165) is 44.3 Å². The van der Waals surface area contributed by atoms with Crippen LogP contribution in [0.3, 0.4) is 0 Å². The van der Waals surface area contributed by atoms with Gasteiger partial charge < -0.3 is 15.4 Å². The molecule has 0 unspecified atom stereocenters. The number of methoxy groups -OCH3 is 1. The van der Waals surface area contributed by atoms with Crippen LogP contribution in [0.25, 0.3) is 0 Å². The van der Waals surface area contributed by atoms with Gasteiger partial charge >= 0.3 is 0 Å². The zero-order chi connectivity index (χ0) is 15.1. The average Bonchev–Trinajstić information content (AvgIpc) is 2.54. The van der Waals surface area contributed by atoms with Crippen molar-refractivity contribution in [1.82, 2.24) is 15.6 Å². The van der Waals surface area contributed by atoms with E-state index in [9.17, 15) is 4.79 Å². The van der Waals surface area contributed by atoms with Gasteiger partial charge in [-0.05, 0) is 38.4 Å². The predicted molar refractivity (Wildman–Crippen MR) is 82.1 cm³/mol. The minimum absolute atomic E-state index is 0.164. The van der Waals surface area contributed by atoms with Crippen molar-refractivity contribution in [2.75, 3.05) is 20.2 Å². The van der Waals surface area contributed by atoms with Crippen LogP contribution in [-0.4, -0.2) is 31.1 Å². The quantitative estimate of drug-likeness (QED) is 0.840. The Morgan fingerprint density at radius 1 is 1.48 bits per heavy atom. The molecule has 0 aliphatic carbocycles. The highest BCUT2D eigenvalue weighted by Crippen LogP contribution is 2.34. The first-order chi connectivity index (χ1) is 10.2. The summed E-state index contributed by atoms with van der Waals surface area (Å²) in [6.45, 7) is 4.45. The fraction of sp³-hybridized carbons (Fsp3) is 0.625. The third-order valence-corrected chi connectivity index (χ3v) is 4.25. The number of ether oxygens (including phenoxy) is 1. The lowest BCUT2D eigenvalue weighted by Gasteiger charge is -2.36. The number of hydrogen-bond donors (Lipinski definition) is 2. The number of pyridine rings is 1. The van der Waals surface area contributed by atoms with Crippen molar-refractivity contribution in [3.8, 4) is 5.88 Å². The van der Waals surface area contributed by atoms with E-state index in [-0.39, 0.29) is 11.3 Å². The van der Waals surface area contributed by atoms with Crippen molar-refractivity contribution in [3.05, 3.63) is 23.9 Å². The summed E-state index contributed by atoms with van der Waals surface area (Å²) >= 11 is 0. The van der Waals surface area contributed by atoms with Crippen LogP contribution in [0.1, 0.15) is 38.2 Å². The molecule has 2 N–H and O–H groups in total. The Bertz CT molecular complexity index is 465. The molecule has 1 aromatic rings. The summed E-state index contributed by atoms with van der Waals surface area (Å²) in [6, 6.07) is 3.79. The zero-order valence-corrected chi connectivity index (χ0v) is 12.9. The number of amides is 1. The van der Waals surface area contributed by atoms with E-state index >= 15 is 0 Å². The molecule has 21 heavy (non-hydrogen) atoms. The molecule has 1 amide bonds. The van der Waals surface area contributed by atoms with Crippen LogP contribution >= 0.6 is 0 Å². The lowest BCUT2D eigenvalue weighted by atomic mass is 9.74. The molecule has 1 aliphatic rings. The highest BCUT2D eigenvalue weighted by Gasteiger charge is 2.38. The largest absolute Gasteiger partial charge is 0.481 e. The molecular formula is C16H25N3O2. The molecular weight excluding hydrogens is 266 g/mol. The Labute approximate surface area is 126 Å². The van der Waals surface area contributed by atoms with Crippen molar-refractivity contribution in [2.45, 2.75) is 39.2 Å². The third kappa shape index (κ3) is 3.73. The molecule has 1 saturated heterocycles. The monoisotopic (exact) mass is 291 g/mol. The van der Waals surface area contributed by atoms with Crippen LogP contribution in [0, 0.1) is 5.41 Å². The Hall–Kier alpha value is -1.62. The van der Waals surface area contributed by atoms with Gasteiger partial charge in [-0.3, -0.25) is 4.79 Å². The van der Waals surface area contributed by atoms with Crippen LogP contribution in [0.5, 0.6) is 5.88 Å². The number of piperidine rings is 1. The van der Waals surface area contributed by atoms with Gasteiger partial charge in [0, 0.05) is 18.3 Å². The van der Waals surface area contributed by atoms with Crippen molar-refractivity contribution < 1.29 is 9.53 Å². The number of carbonyl (C=O) groups is 1. The van der Waals surface area contributed by atoms with E-state index in [4.69, 9.17) is 4.74 Å². The lowest BCUT2D eigenvalue weighted by molar-refractivity contribution is -0.133. The molecule has 1 aliphatic heterocycles. The number of nitrogens with one attached hydrogen (secondary N) is 2. The minimum Gasteiger partial charge on any atom is -0.481 e. The minimum atomic E-state index is -0.213. The van der Waals surface area contributed by atoms with Gasteiger partial charge in [0.25, 0.3) is 0 Å². The Morgan fingerprint density at radius 3 is 2.90 bits per heavy atom. The van der Waals surface area contributed by atoms with Crippen molar-refractivity contribution in [3.63, 3.8) is 0 Å². The first-order valence-electron chi connectivity index (χ1n) is 7.69. The molecule has 0 atom stereocenters. The molecule has 1 aromatic heterocycles. The average molecular weight is 291 g/mol. The fourth-order valence-electron chi connectivity index (χ4n) is 3.08. The van der Waals surface area contributed by atoms with Gasteiger partial charge in [0.1, 0.15) is 0 Å². The first-order valence-corrected chi connectivity index (χ1v) is 7.69. The van der Waals surface area contributed by atoms with E-state index in [1.54, 1.807) is 13.3 Å². The topological polar surface area (TPSA) is 63.2 Å². The maximum atomic E-state index is 12.7. The standard InChI is InChI=1S/C16H25N3O2/c1-3-6-16(7-10-17-11-8-16)15(20)19-12-13-5-4-9-18-14(13)21-2/h4-5,9,17H,3,6-8,10-12H2,1-2H3,(H,19,20). The lowest BCUT2D eigenvalue weighted by Crippen LogP contribution is -2.47. The molecule has 116 valence electrons. The fourth-order valence-corrected chi connectivity index (χ4v) is 3.08. The smallest absolute Gasteiger partial charge is 0.226 e. The Balaban J connectivity index is 2.02. The van der Waals surface area contributed by atoms with Gasteiger partial charge in [-0.15, -0.1) is 0 Å². The molecule has 1 fully saturated rings. The maximum absolute atomic E-state index is 12.7. The molecule has 5 nitrogen and oxygen atoms in total. The Morgan fingerprint density at radius 2 is 2.24 bits per heavy atom. The predicted octanol–water partition coefficient (Wildman–Crippen LogP) is 1.88. The summed E-state index contributed by atoms with van der Waals surface area (Å²) in [4.78, 5) is 16.8. The number of hydrogen-bond acceptors (Lipinski definition) is 4. The number of carbonyl (C=O) groups excluding carboxylic acids is 1. The first kappa shape index (κ1) is 15.8. The highest BCUT2D eigenvalue weighted by atomic mass is 16.5. The molecule has 0 saturated carbocycles. The highest BCUT2D eigenvalue weighted by molar-refractivity contribution is 5.82. The van der Waals surface area contributed by atoms with Gasteiger partial charge in [-0.2, -0.15) is 0 Å². The Kier molecular flexibility index (Phi) is 5.56. The van der Waals surface area contributed by atoms with E-state index < -0.39 is 0 Å². The second kappa shape index (κ2) is 7.41. The van der Waals surface area contributed by atoms with Gasteiger partial charge in [0.05, 0.1) is 12.5 Å². The zero-order valence-electron chi connectivity index (χ0n) is 12.9. The molecule has 5 heteroatoms. The third-order valence-electron chi connectivity index (χ3n) is 4.25. The molecule has 0 bridgehead atoms. The second-order valence-corrected chi connectivity index (χ2v) is 5.63. The van der Waals surface area contributed by atoms with Gasteiger partial charge in [-0.1, -0.05) is 19.4 Å². The summed E-state index contributed by atoms with van der Waals surface area (Å²) in [7, 11) is 1.60. The molecule has 2 heterocycles. The number of aromatic nitrogens is 1. The van der Waals surface area contributed by atoms with E-state index in [1.807, 2.05) is 12.1 Å². The van der Waals surface area contributed by atoms with Gasteiger partial charge in [-0.25, -0.2) is 4.98 Å². The molecule has 0 radical (unpaired) electrons. The summed E-state index contributed by atoms with van der Waals surface area (Å²) < 4.78 is 5.22. The molecule has 2 rings (SSSR count). The molecule has 0 aromatic carbocycles. The normalized spacial score (nSPS) is 17.2. The van der Waals surface area contributed by atoms with Crippen molar-refractivity contribution >= 4 is 5.91 Å². The van der Waals surface area contributed by atoms with E-state index in [1.165, 1.54) is 0 Å². The van der Waals surface area contributed by atoms with E-state index in [0.29, 0.717) is 12.4 Å². The summed E-state index contributed by atoms with van der Waals surface area (Å²) in [5.41, 5.74) is 0.698. The summed E-state index contributed by atoms with van der Waals surface area (Å²) in [5, 5.41) is 6.42. The maximum Gasteiger partial charge on any atom is 0.226 e. The van der Waals surface area contributed by atoms with E-state index in [2.05, 4.69) is 22.5 Å². The van der Waals surface area contributed by atoms with Crippen LogP contribution in [0.4, 0.5) is 0 Å². The number of nitrogens with zero attached hydrogens (tertiary/aromatic N) is 1. The summed E-state index contributed by atoms with van der Waals surface area (Å²) in [5.74, 6) is 0.740. The number of rotatable bonds is 6. The second-order valence-electron chi connectivity index (χ2n) is 5.63. The van der Waals surface area contributed by atoms with Crippen LogP contribution in [-0.2, 0) is 11.3 Å². The summed E-state index contributed by atoms with van der Waals surface area (Å²) in [6.07, 6.45) is 5.50. The SMILES string of the molecule is CCCC1(C(=O)NCc2cccnc2OC)CCNCC1.